The number of rotatable bonds is 5. The molecule has 2 aromatic carbocycles. The van der Waals surface area contributed by atoms with Crippen LogP contribution in [0.4, 0.5) is 10.1 Å². The van der Waals surface area contributed by atoms with Gasteiger partial charge in [0.25, 0.3) is 0 Å². The van der Waals surface area contributed by atoms with Crippen LogP contribution < -0.4 is 10.1 Å². The van der Waals surface area contributed by atoms with Crippen LogP contribution in [0, 0.1) is 5.82 Å². The Balaban J connectivity index is 1.91. The van der Waals surface area contributed by atoms with Gasteiger partial charge in [0.2, 0.25) is 5.91 Å². The van der Waals surface area contributed by atoms with E-state index >= 15 is 0 Å². The van der Waals surface area contributed by atoms with Gasteiger partial charge in [-0.15, -0.1) is 0 Å². The first-order valence-electron chi connectivity index (χ1n) is 6.46. The molecule has 0 saturated heterocycles. The van der Waals surface area contributed by atoms with E-state index in [9.17, 15) is 9.18 Å². The van der Waals surface area contributed by atoms with Crippen molar-refractivity contribution in [3.05, 3.63) is 58.9 Å². The van der Waals surface area contributed by atoms with Gasteiger partial charge in [0.1, 0.15) is 11.6 Å². The van der Waals surface area contributed by atoms with Gasteiger partial charge in [0.15, 0.2) is 0 Å². The number of aryl methyl sites for hydroxylation is 1. The molecular weight excluding hydrogens is 293 g/mol. The highest BCUT2D eigenvalue weighted by molar-refractivity contribution is 6.33. The van der Waals surface area contributed by atoms with E-state index in [-0.39, 0.29) is 11.7 Å². The second-order valence-electron chi connectivity index (χ2n) is 4.52. The highest BCUT2D eigenvalue weighted by Crippen LogP contribution is 2.26. The van der Waals surface area contributed by atoms with Crippen LogP contribution in [0.5, 0.6) is 5.75 Å². The fraction of sp³-hybridized carbons (Fsp3) is 0.188. The first-order chi connectivity index (χ1) is 10.1. The first-order valence-corrected chi connectivity index (χ1v) is 6.84. The van der Waals surface area contributed by atoms with Crippen molar-refractivity contribution in [1.82, 2.24) is 0 Å². The Hall–Kier alpha value is -2.07. The summed E-state index contributed by atoms with van der Waals surface area (Å²) >= 11 is 6.05. The molecule has 0 unspecified atom stereocenters. The predicted molar refractivity (Wildman–Crippen MR) is 81.4 cm³/mol. The lowest BCUT2D eigenvalue weighted by Crippen LogP contribution is -2.12. The lowest BCUT2D eigenvalue weighted by atomic mass is 10.1. The van der Waals surface area contributed by atoms with Crippen LogP contribution in [0.2, 0.25) is 5.02 Å². The quantitative estimate of drug-likeness (QED) is 0.904. The maximum atomic E-state index is 12.8. The molecular formula is C16H15ClFNO2. The topological polar surface area (TPSA) is 38.3 Å². The highest BCUT2D eigenvalue weighted by Gasteiger charge is 2.07. The Morgan fingerprint density at radius 2 is 1.95 bits per heavy atom. The summed E-state index contributed by atoms with van der Waals surface area (Å²) in [4.78, 5) is 11.9. The average Bonchev–Trinajstić information content (AvgIpc) is 2.48. The Morgan fingerprint density at radius 1 is 1.24 bits per heavy atom. The fourth-order valence-corrected chi connectivity index (χ4v) is 2.06. The molecule has 0 spiro atoms. The smallest absolute Gasteiger partial charge is 0.224 e. The number of methoxy groups -OCH3 is 1. The molecule has 21 heavy (non-hydrogen) atoms. The molecule has 3 nitrogen and oxygen atoms in total. The van der Waals surface area contributed by atoms with Crippen LogP contribution in [0.1, 0.15) is 12.0 Å². The van der Waals surface area contributed by atoms with Crippen molar-refractivity contribution >= 4 is 23.2 Å². The summed E-state index contributed by atoms with van der Waals surface area (Å²) in [5, 5.41) is 3.16. The third-order valence-corrected chi connectivity index (χ3v) is 3.32. The maximum Gasteiger partial charge on any atom is 0.224 e. The van der Waals surface area contributed by atoms with Crippen molar-refractivity contribution in [3.63, 3.8) is 0 Å². The summed E-state index contributed by atoms with van der Waals surface area (Å²) in [5.41, 5.74) is 1.45. The molecule has 0 aliphatic carbocycles. The minimum atomic E-state index is -0.284. The Labute approximate surface area is 127 Å². The standard InChI is InChI=1S/C16H15ClFNO2/c1-21-13-7-8-15(14(17)10-13)19-16(20)9-4-11-2-5-12(18)6-3-11/h2-3,5-8,10H,4,9H2,1H3,(H,19,20). The molecule has 5 heteroatoms. The molecule has 0 atom stereocenters. The predicted octanol–water partition coefficient (Wildman–Crippen LogP) is 4.06. The van der Waals surface area contributed by atoms with E-state index in [4.69, 9.17) is 16.3 Å². The zero-order valence-corrected chi connectivity index (χ0v) is 12.3. The number of ether oxygens (including phenoxy) is 1. The average molecular weight is 308 g/mol. The molecule has 0 aliphatic heterocycles. The minimum Gasteiger partial charge on any atom is -0.497 e. The summed E-state index contributed by atoms with van der Waals surface area (Å²) in [7, 11) is 1.55. The number of amides is 1. The van der Waals surface area contributed by atoms with Gasteiger partial charge >= 0.3 is 0 Å². The molecule has 0 bridgehead atoms. The molecule has 2 rings (SSSR count). The van der Waals surface area contributed by atoms with Crippen molar-refractivity contribution in [2.45, 2.75) is 12.8 Å². The Bertz CT molecular complexity index is 629. The van der Waals surface area contributed by atoms with E-state index in [1.165, 1.54) is 12.1 Å². The lowest BCUT2D eigenvalue weighted by Gasteiger charge is -2.08. The van der Waals surface area contributed by atoms with Crippen molar-refractivity contribution < 1.29 is 13.9 Å². The van der Waals surface area contributed by atoms with Crippen molar-refractivity contribution in [1.29, 1.82) is 0 Å². The second-order valence-corrected chi connectivity index (χ2v) is 4.93. The Kier molecular flexibility index (Phi) is 5.17. The van der Waals surface area contributed by atoms with Crippen molar-refractivity contribution in [2.75, 3.05) is 12.4 Å². The first kappa shape index (κ1) is 15.3. The van der Waals surface area contributed by atoms with Gasteiger partial charge in [-0.3, -0.25) is 4.79 Å². The van der Waals surface area contributed by atoms with E-state index in [1.54, 1.807) is 37.4 Å². The number of benzene rings is 2. The van der Waals surface area contributed by atoms with Gasteiger partial charge in [-0.25, -0.2) is 4.39 Å². The monoisotopic (exact) mass is 307 g/mol. The molecule has 0 aromatic heterocycles. The third-order valence-electron chi connectivity index (χ3n) is 3.00. The molecule has 0 saturated carbocycles. The lowest BCUT2D eigenvalue weighted by molar-refractivity contribution is -0.116. The van der Waals surface area contributed by atoms with Crippen LogP contribution in [0.25, 0.3) is 0 Å². The van der Waals surface area contributed by atoms with Gasteiger partial charge < -0.3 is 10.1 Å². The number of carbonyl (C=O) groups is 1. The van der Waals surface area contributed by atoms with Crippen LogP contribution >= 0.6 is 11.6 Å². The normalized spacial score (nSPS) is 10.2. The largest absolute Gasteiger partial charge is 0.497 e. The Morgan fingerprint density at radius 3 is 2.57 bits per heavy atom. The van der Waals surface area contributed by atoms with E-state index in [1.807, 2.05) is 0 Å². The molecule has 2 aromatic rings. The third kappa shape index (κ3) is 4.46. The molecule has 0 heterocycles. The molecule has 110 valence electrons. The number of carbonyl (C=O) groups excluding carboxylic acids is 1. The highest BCUT2D eigenvalue weighted by atomic mass is 35.5. The number of hydrogen-bond acceptors (Lipinski definition) is 2. The number of hydrogen-bond donors (Lipinski definition) is 1. The van der Waals surface area contributed by atoms with Crippen molar-refractivity contribution in [3.8, 4) is 5.75 Å². The van der Waals surface area contributed by atoms with E-state index in [2.05, 4.69) is 5.32 Å². The van der Waals surface area contributed by atoms with E-state index < -0.39 is 0 Å². The summed E-state index contributed by atoms with van der Waals surface area (Å²) in [6.07, 6.45) is 0.841. The fourth-order valence-electron chi connectivity index (χ4n) is 1.85. The summed E-state index contributed by atoms with van der Waals surface area (Å²) in [5.74, 6) is 0.198. The van der Waals surface area contributed by atoms with Gasteiger partial charge in [0, 0.05) is 12.5 Å². The molecule has 0 fully saturated rings. The SMILES string of the molecule is COc1ccc(NC(=O)CCc2ccc(F)cc2)c(Cl)c1. The van der Waals surface area contributed by atoms with E-state index in [0.717, 1.165) is 5.56 Å². The maximum absolute atomic E-state index is 12.8. The van der Waals surface area contributed by atoms with Crippen molar-refractivity contribution in [2.24, 2.45) is 0 Å². The zero-order chi connectivity index (χ0) is 15.2. The van der Waals surface area contributed by atoms with Gasteiger partial charge in [0.05, 0.1) is 17.8 Å². The summed E-state index contributed by atoms with van der Waals surface area (Å²) < 4.78 is 17.8. The minimum absolute atomic E-state index is 0.147. The number of halogens is 2. The van der Waals surface area contributed by atoms with Gasteiger partial charge in [-0.05, 0) is 36.2 Å². The van der Waals surface area contributed by atoms with Crippen LogP contribution in [-0.4, -0.2) is 13.0 Å². The number of anilines is 1. The molecule has 0 radical (unpaired) electrons. The second kappa shape index (κ2) is 7.09. The van der Waals surface area contributed by atoms with Crippen LogP contribution in [0.15, 0.2) is 42.5 Å². The zero-order valence-electron chi connectivity index (χ0n) is 11.5. The van der Waals surface area contributed by atoms with Gasteiger partial charge in [-0.2, -0.15) is 0 Å². The van der Waals surface area contributed by atoms with Gasteiger partial charge in [-0.1, -0.05) is 23.7 Å². The van der Waals surface area contributed by atoms with Crippen LogP contribution in [0.3, 0.4) is 0 Å². The molecule has 0 aliphatic rings. The number of nitrogens with one attached hydrogen (secondary N) is 1. The molecule has 1 N–H and O–H groups in total. The van der Waals surface area contributed by atoms with Crippen LogP contribution in [-0.2, 0) is 11.2 Å². The summed E-state index contributed by atoms with van der Waals surface area (Å²) in [6, 6.07) is 11.2. The summed E-state index contributed by atoms with van der Waals surface area (Å²) in [6.45, 7) is 0. The molecule has 1 amide bonds. The van der Waals surface area contributed by atoms with E-state index in [0.29, 0.717) is 29.3 Å².